The average Bonchev–Trinajstić information content (AvgIpc) is 2.40. The molecule has 17 heavy (non-hydrogen) atoms. The van der Waals surface area contributed by atoms with Gasteiger partial charge in [-0.15, -0.1) is 0 Å². The highest BCUT2D eigenvalue weighted by molar-refractivity contribution is 8.13. The highest BCUT2D eigenvalue weighted by Gasteiger charge is 2.22. The van der Waals surface area contributed by atoms with Crippen LogP contribution in [0.5, 0.6) is 0 Å². The molecule has 3 heteroatoms. The molecule has 2 nitrogen and oxygen atoms in total. The Morgan fingerprint density at radius 2 is 2.06 bits per heavy atom. The third kappa shape index (κ3) is 3.90. The number of amidine groups is 1. The van der Waals surface area contributed by atoms with Crippen LogP contribution in [-0.4, -0.2) is 23.0 Å². The van der Waals surface area contributed by atoms with Crippen molar-refractivity contribution in [2.75, 3.05) is 5.75 Å². The zero-order chi connectivity index (χ0) is 12.1. The Balaban J connectivity index is 1.84. The molecule has 1 saturated carbocycles. The number of nitrogens with one attached hydrogen (secondary N) is 1. The Morgan fingerprint density at radius 3 is 2.76 bits per heavy atom. The van der Waals surface area contributed by atoms with Crippen LogP contribution in [0.4, 0.5) is 0 Å². The Hall–Kier alpha value is -0.180. The monoisotopic (exact) mass is 254 g/mol. The van der Waals surface area contributed by atoms with E-state index in [2.05, 4.69) is 19.2 Å². The molecule has 2 atom stereocenters. The van der Waals surface area contributed by atoms with E-state index in [1.54, 1.807) is 0 Å². The summed E-state index contributed by atoms with van der Waals surface area (Å²) in [5.41, 5.74) is 0. The number of nitrogens with zero attached hydrogens (tertiary/aromatic N) is 1. The average molecular weight is 254 g/mol. The van der Waals surface area contributed by atoms with Gasteiger partial charge in [0.25, 0.3) is 0 Å². The summed E-state index contributed by atoms with van der Waals surface area (Å²) in [5, 5.41) is 4.88. The van der Waals surface area contributed by atoms with Gasteiger partial charge < -0.3 is 5.32 Å². The Morgan fingerprint density at radius 1 is 1.29 bits per heavy atom. The molecule has 0 saturated heterocycles. The summed E-state index contributed by atoms with van der Waals surface area (Å²) in [7, 11) is 0. The first-order chi connectivity index (χ1) is 8.29. The van der Waals surface area contributed by atoms with Crippen molar-refractivity contribution < 1.29 is 0 Å². The van der Waals surface area contributed by atoms with E-state index < -0.39 is 0 Å². The van der Waals surface area contributed by atoms with Crippen molar-refractivity contribution in [3.8, 4) is 0 Å². The Bertz CT molecular complexity index is 259. The summed E-state index contributed by atoms with van der Waals surface area (Å²) in [6, 6.07) is 1.18. The lowest BCUT2D eigenvalue weighted by Gasteiger charge is -2.30. The normalized spacial score (nSPS) is 28.6. The summed E-state index contributed by atoms with van der Waals surface area (Å²) < 4.78 is 0. The van der Waals surface area contributed by atoms with Crippen molar-refractivity contribution in [1.82, 2.24) is 5.32 Å². The van der Waals surface area contributed by atoms with Crippen LogP contribution >= 0.6 is 11.8 Å². The van der Waals surface area contributed by atoms with Crippen LogP contribution in [-0.2, 0) is 0 Å². The van der Waals surface area contributed by atoms with E-state index in [-0.39, 0.29) is 0 Å². The lowest BCUT2D eigenvalue weighted by Crippen LogP contribution is -2.39. The number of rotatable bonds is 3. The zero-order valence-electron chi connectivity index (χ0n) is 11.2. The predicted octanol–water partition coefficient (Wildman–Crippen LogP) is 3.82. The quantitative estimate of drug-likeness (QED) is 0.828. The van der Waals surface area contributed by atoms with Gasteiger partial charge in [0.2, 0.25) is 0 Å². The second-order valence-electron chi connectivity index (χ2n) is 5.46. The van der Waals surface area contributed by atoms with Gasteiger partial charge in [-0.3, -0.25) is 4.99 Å². The van der Waals surface area contributed by atoms with E-state index in [9.17, 15) is 0 Å². The van der Waals surface area contributed by atoms with Crippen molar-refractivity contribution >= 4 is 16.9 Å². The lowest BCUT2D eigenvalue weighted by atomic mass is 9.85. The maximum atomic E-state index is 4.80. The molecule has 2 aliphatic rings. The number of hydrogen-bond acceptors (Lipinski definition) is 3. The van der Waals surface area contributed by atoms with Crippen LogP contribution < -0.4 is 5.32 Å². The standard InChI is InChI=1S/C14H26N2S/c1-3-13-9-10-17-14(16-13)15-11(2)12-7-5-4-6-8-12/h11-13H,3-10H2,1-2H3,(H,15,16). The Labute approximate surface area is 110 Å². The summed E-state index contributed by atoms with van der Waals surface area (Å²) in [6.45, 7) is 4.58. The molecule has 0 aromatic rings. The van der Waals surface area contributed by atoms with E-state index in [4.69, 9.17) is 4.99 Å². The van der Waals surface area contributed by atoms with Gasteiger partial charge in [0.1, 0.15) is 0 Å². The van der Waals surface area contributed by atoms with Crippen molar-refractivity contribution in [3.05, 3.63) is 0 Å². The third-order valence-electron chi connectivity index (χ3n) is 4.17. The van der Waals surface area contributed by atoms with Crippen LogP contribution in [0.2, 0.25) is 0 Å². The first-order valence-electron chi connectivity index (χ1n) is 7.26. The van der Waals surface area contributed by atoms with Gasteiger partial charge in [0.05, 0.1) is 6.04 Å². The SMILES string of the molecule is CCC1CCSC(NC(C)C2CCCCC2)=N1. The minimum Gasteiger partial charge on any atom is -0.362 e. The van der Waals surface area contributed by atoms with Gasteiger partial charge in [-0.2, -0.15) is 0 Å². The van der Waals surface area contributed by atoms with Crippen LogP contribution in [0.25, 0.3) is 0 Å². The van der Waals surface area contributed by atoms with Gasteiger partial charge in [0.15, 0.2) is 5.17 Å². The van der Waals surface area contributed by atoms with Crippen LogP contribution in [0.1, 0.15) is 58.8 Å². The van der Waals surface area contributed by atoms with Gasteiger partial charge >= 0.3 is 0 Å². The molecule has 0 spiro atoms. The maximum absolute atomic E-state index is 4.80. The highest BCUT2D eigenvalue weighted by atomic mass is 32.2. The van der Waals surface area contributed by atoms with Crippen molar-refractivity contribution in [2.45, 2.75) is 70.9 Å². The first-order valence-corrected chi connectivity index (χ1v) is 8.25. The molecule has 1 heterocycles. The zero-order valence-corrected chi connectivity index (χ0v) is 12.1. The second-order valence-corrected chi connectivity index (χ2v) is 6.55. The van der Waals surface area contributed by atoms with Gasteiger partial charge in [-0.1, -0.05) is 37.9 Å². The Kier molecular flexibility index (Phi) is 5.20. The molecule has 0 radical (unpaired) electrons. The summed E-state index contributed by atoms with van der Waals surface area (Å²) in [5.74, 6) is 2.11. The molecule has 0 bridgehead atoms. The lowest BCUT2D eigenvalue weighted by molar-refractivity contribution is 0.302. The third-order valence-corrected chi connectivity index (χ3v) is 5.11. The molecular formula is C14H26N2S. The van der Waals surface area contributed by atoms with Gasteiger partial charge in [-0.25, -0.2) is 0 Å². The first kappa shape index (κ1) is 13.3. The van der Waals surface area contributed by atoms with E-state index in [0.29, 0.717) is 12.1 Å². The molecule has 1 aliphatic heterocycles. The topological polar surface area (TPSA) is 24.4 Å². The summed E-state index contributed by atoms with van der Waals surface area (Å²) >= 11 is 1.91. The number of hydrogen-bond donors (Lipinski definition) is 1. The fraction of sp³-hybridized carbons (Fsp3) is 0.929. The van der Waals surface area contributed by atoms with Crippen molar-refractivity contribution in [1.29, 1.82) is 0 Å². The van der Waals surface area contributed by atoms with Crippen LogP contribution in [0.15, 0.2) is 4.99 Å². The maximum Gasteiger partial charge on any atom is 0.157 e. The predicted molar refractivity (Wildman–Crippen MR) is 77.8 cm³/mol. The van der Waals surface area contributed by atoms with Crippen LogP contribution in [0.3, 0.4) is 0 Å². The largest absolute Gasteiger partial charge is 0.362 e. The van der Waals surface area contributed by atoms with E-state index in [1.807, 2.05) is 11.8 Å². The molecule has 1 aliphatic carbocycles. The van der Waals surface area contributed by atoms with Crippen molar-refractivity contribution in [2.24, 2.45) is 10.9 Å². The van der Waals surface area contributed by atoms with Gasteiger partial charge in [0, 0.05) is 11.8 Å². The second kappa shape index (κ2) is 6.67. The number of aliphatic imine (C=N–C) groups is 1. The van der Waals surface area contributed by atoms with Crippen molar-refractivity contribution in [3.63, 3.8) is 0 Å². The molecule has 98 valence electrons. The van der Waals surface area contributed by atoms with E-state index in [0.717, 1.165) is 5.92 Å². The summed E-state index contributed by atoms with van der Waals surface area (Å²) in [6.07, 6.45) is 9.54. The minimum atomic E-state index is 0.567. The van der Waals surface area contributed by atoms with E-state index >= 15 is 0 Å². The number of thioether (sulfide) groups is 1. The molecule has 2 unspecified atom stereocenters. The molecule has 0 amide bonds. The van der Waals surface area contributed by atoms with Gasteiger partial charge in [-0.05, 0) is 38.5 Å². The molecule has 1 N–H and O–H groups in total. The smallest absolute Gasteiger partial charge is 0.157 e. The molecular weight excluding hydrogens is 228 g/mol. The summed E-state index contributed by atoms with van der Waals surface area (Å²) in [4.78, 5) is 4.80. The fourth-order valence-electron chi connectivity index (χ4n) is 2.88. The minimum absolute atomic E-state index is 0.567. The highest BCUT2D eigenvalue weighted by Crippen LogP contribution is 2.27. The molecule has 2 rings (SSSR count). The van der Waals surface area contributed by atoms with E-state index in [1.165, 1.54) is 55.9 Å². The molecule has 1 fully saturated rings. The van der Waals surface area contributed by atoms with Crippen LogP contribution in [0, 0.1) is 5.92 Å². The molecule has 0 aromatic carbocycles. The molecule has 0 aromatic heterocycles. The fourth-order valence-corrected chi connectivity index (χ4v) is 3.96.